The zero-order valence-electron chi connectivity index (χ0n) is 17.9. The van der Waals surface area contributed by atoms with Gasteiger partial charge in [0.2, 0.25) is 5.91 Å². The lowest BCUT2D eigenvalue weighted by molar-refractivity contribution is -0.157. The molecule has 0 unspecified atom stereocenters. The molecule has 6 nitrogen and oxygen atoms in total. The van der Waals surface area contributed by atoms with Crippen molar-refractivity contribution >= 4 is 17.8 Å². The van der Waals surface area contributed by atoms with Gasteiger partial charge in [0, 0.05) is 12.5 Å². The maximum atomic E-state index is 12.8. The third-order valence-corrected chi connectivity index (χ3v) is 7.05. The minimum absolute atomic E-state index is 0.0153. The maximum Gasteiger partial charge on any atom is 0.309 e. The van der Waals surface area contributed by atoms with Gasteiger partial charge in [-0.1, -0.05) is 30.3 Å². The van der Waals surface area contributed by atoms with Crippen LogP contribution in [0.2, 0.25) is 0 Å². The van der Waals surface area contributed by atoms with E-state index < -0.39 is 18.1 Å². The van der Waals surface area contributed by atoms with E-state index in [0.717, 1.165) is 42.6 Å². The summed E-state index contributed by atoms with van der Waals surface area (Å²) in [7, 11) is 0. The number of amides is 2. The van der Waals surface area contributed by atoms with Crippen molar-refractivity contribution in [2.45, 2.75) is 76.5 Å². The van der Waals surface area contributed by atoms with E-state index in [-0.39, 0.29) is 23.8 Å². The summed E-state index contributed by atoms with van der Waals surface area (Å²) in [5.41, 5.74) is 0.727. The molecule has 5 rings (SSSR count). The fourth-order valence-electron chi connectivity index (χ4n) is 6.28. The molecule has 4 bridgehead atoms. The SMILES string of the molecule is CC(=O)N[C@@H](CC(=O)O[C@H](C)C(=O)NC12CC3CC(CC(C3)C1)C2)c1ccccc1. The average Bonchev–Trinajstić information content (AvgIpc) is 2.66. The number of carbonyl (C=O) groups is 3. The molecule has 30 heavy (non-hydrogen) atoms. The van der Waals surface area contributed by atoms with Crippen molar-refractivity contribution in [3.05, 3.63) is 35.9 Å². The molecular formula is C24H32N2O4. The summed E-state index contributed by atoms with van der Waals surface area (Å²) < 4.78 is 5.46. The molecule has 0 aliphatic heterocycles. The van der Waals surface area contributed by atoms with E-state index in [1.165, 1.54) is 26.2 Å². The Morgan fingerprint density at radius 1 is 1.03 bits per heavy atom. The summed E-state index contributed by atoms with van der Waals surface area (Å²) in [6.07, 6.45) is 6.24. The van der Waals surface area contributed by atoms with Crippen molar-refractivity contribution in [2.75, 3.05) is 0 Å². The summed E-state index contributed by atoms with van der Waals surface area (Å²) in [6.45, 7) is 3.05. The third kappa shape index (κ3) is 4.68. The molecule has 4 saturated carbocycles. The van der Waals surface area contributed by atoms with Crippen LogP contribution < -0.4 is 10.6 Å². The lowest BCUT2D eigenvalue weighted by Crippen LogP contribution is -2.61. The molecule has 2 N–H and O–H groups in total. The minimum atomic E-state index is -0.848. The van der Waals surface area contributed by atoms with Crippen molar-refractivity contribution in [1.29, 1.82) is 0 Å². The van der Waals surface area contributed by atoms with Gasteiger partial charge in [-0.05, 0) is 68.8 Å². The first-order valence-electron chi connectivity index (χ1n) is 11.2. The second-order valence-electron chi connectivity index (χ2n) is 9.69. The Morgan fingerprint density at radius 3 is 2.13 bits per heavy atom. The topological polar surface area (TPSA) is 84.5 Å². The summed E-state index contributed by atoms with van der Waals surface area (Å²) in [5, 5.41) is 6.05. The van der Waals surface area contributed by atoms with Gasteiger partial charge in [-0.15, -0.1) is 0 Å². The molecule has 0 saturated heterocycles. The van der Waals surface area contributed by atoms with Crippen molar-refractivity contribution in [1.82, 2.24) is 10.6 Å². The molecule has 0 heterocycles. The standard InChI is InChI=1S/C24H32N2O4/c1-15(23(29)26-24-12-17-8-18(13-24)10-19(9-17)14-24)30-22(28)11-21(25-16(2)27)20-6-4-3-5-7-20/h3-7,15,17-19,21H,8-14H2,1-2H3,(H,25,27)(H,26,29)/t15-,17?,18?,19?,21+,24?/m1/s1. The first kappa shape index (κ1) is 20.9. The molecule has 0 radical (unpaired) electrons. The van der Waals surface area contributed by atoms with Crippen LogP contribution >= 0.6 is 0 Å². The number of ether oxygens (including phenoxy) is 1. The molecule has 6 heteroatoms. The third-order valence-electron chi connectivity index (χ3n) is 7.05. The van der Waals surface area contributed by atoms with Crippen LogP contribution in [0.3, 0.4) is 0 Å². The Morgan fingerprint density at radius 2 is 1.60 bits per heavy atom. The van der Waals surface area contributed by atoms with Crippen molar-refractivity contribution in [2.24, 2.45) is 17.8 Å². The highest BCUT2D eigenvalue weighted by molar-refractivity contribution is 5.84. The van der Waals surface area contributed by atoms with Gasteiger partial charge in [-0.2, -0.15) is 0 Å². The van der Waals surface area contributed by atoms with Crippen LogP contribution in [0.1, 0.15) is 70.4 Å². The molecule has 0 aromatic heterocycles. The van der Waals surface area contributed by atoms with Crippen molar-refractivity contribution in [3.8, 4) is 0 Å². The Bertz CT molecular complexity index is 771. The summed E-state index contributed by atoms with van der Waals surface area (Å²) >= 11 is 0. The molecule has 4 aliphatic rings. The van der Waals surface area contributed by atoms with E-state index in [1.54, 1.807) is 6.92 Å². The highest BCUT2D eigenvalue weighted by Crippen LogP contribution is 2.55. The number of nitrogens with one attached hydrogen (secondary N) is 2. The second kappa shape index (κ2) is 8.40. The number of benzene rings is 1. The van der Waals surface area contributed by atoms with Crippen molar-refractivity contribution < 1.29 is 19.1 Å². The molecule has 2 atom stereocenters. The zero-order chi connectivity index (χ0) is 21.3. The number of rotatable bonds is 7. The van der Waals surface area contributed by atoms with Gasteiger partial charge < -0.3 is 15.4 Å². The normalized spacial score (nSPS) is 30.9. The second-order valence-corrected chi connectivity index (χ2v) is 9.69. The maximum absolute atomic E-state index is 12.8. The molecule has 1 aromatic rings. The van der Waals surface area contributed by atoms with Gasteiger partial charge in [0.25, 0.3) is 5.91 Å². The summed E-state index contributed by atoms with van der Waals surface area (Å²) in [6, 6.07) is 8.83. The molecule has 162 valence electrons. The lowest BCUT2D eigenvalue weighted by atomic mass is 9.53. The van der Waals surface area contributed by atoms with E-state index in [1.807, 2.05) is 30.3 Å². The minimum Gasteiger partial charge on any atom is -0.452 e. The molecule has 2 amide bonds. The zero-order valence-corrected chi connectivity index (χ0v) is 17.9. The van der Waals surface area contributed by atoms with Gasteiger partial charge >= 0.3 is 5.97 Å². The first-order chi connectivity index (χ1) is 14.3. The Balaban J connectivity index is 1.33. The Kier molecular flexibility index (Phi) is 5.85. The van der Waals surface area contributed by atoms with E-state index in [9.17, 15) is 14.4 Å². The quantitative estimate of drug-likeness (QED) is 0.673. The van der Waals surface area contributed by atoms with Gasteiger partial charge in [0.15, 0.2) is 6.10 Å². The van der Waals surface area contributed by atoms with Gasteiger partial charge in [-0.25, -0.2) is 0 Å². The van der Waals surface area contributed by atoms with Crippen LogP contribution in [0.4, 0.5) is 0 Å². The average molecular weight is 413 g/mol. The predicted molar refractivity (Wildman–Crippen MR) is 112 cm³/mol. The van der Waals surface area contributed by atoms with Crippen LogP contribution in [0.5, 0.6) is 0 Å². The number of hydrogen-bond donors (Lipinski definition) is 2. The van der Waals surface area contributed by atoms with Gasteiger partial charge in [0.1, 0.15) is 0 Å². The number of carbonyl (C=O) groups excluding carboxylic acids is 3. The van der Waals surface area contributed by atoms with E-state index in [4.69, 9.17) is 4.74 Å². The highest BCUT2D eigenvalue weighted by atomic mass is 16.5. The van der Waals surface area contributed by atoms with E-state index in [0.29, 0.717) is 0 Å². The molecule has 4 aliphatic carbocycles. The number of esters is 1. The first-order valence-corrected chi connectivity index (χ1v) is 11.2. The Hall–Kier alpha value is -2.37. The smallest absolute Gasteiger partial charge is 0.309 e. The largest absolute Gasteiger partial charge is 0.452 e. The fourth-order valence-corrected chi connectivity index (χ4v) is 6.28. The summed E-state index contributed by atoms with van der Waals surface area (Å²) in [5.74, 6) is 1.28. The molecule has 1 aromatic carbocycles. The number of hydrogen-bond acceptors (Lipinski definition) is 4. The highest BCUT2D eigenvalue weighted by Gasteiger charge is 2.51. The molecule has 0 spiro atoms. The van der Waals surface area contributed by atoms with Crippen LogP contribution in [0.15, 0.2) is 30.3 Å². The van der Waals surface area contributed by atoms with Crippen LogP contribution in [0, 0.1) is 17.8 Å². The van der Waals surface area contributed by atoms with Gasteiger partial charge in [0.05, 0.1) is 12.5 Å². The van der Waals surface area contributed by atoms with Gasteiger partial charge in [-0.3, -0.25) is 14.4 Å². The lowest BCUT2D eigenvalue weighted by Gasteiger charge is -2.57. The summed E-state index contributed by atoms with van der Waals surface area (Å²) in [4.78, 5) is 36.9. The Labute approximate surface area is 178 Å². The monoisotopic (exact) mass is 412 g/mol. The van der Waals surface area contributed by atoms with Crippen LogP contribution in [-0.4, -0.2) is 29.4 Å². The molecule has 4 fully saturated rings. The van der Waals surface area contributed by atoms with E-state index in [2.05, 4.69) is 10.6 Å². The van der Waals surface area contributed by atoms with Crippen molar-refractivity contribution in [3.63, 3.8) is 0 Å². The fraction of sp³-hybridized carbons (Fsp3) is 0.625. The van der Waals surface area contributed by atoms with E-state index >= 15 is 0 Å². The molecular weight excluding hydrogens is 380 g/mol. The van der Waals surface area contributed by atoms with Crippen LogP contribution in [-0.2, 0) is 19.1 Å². The predicted octanol–water partition coefficient (Wildman–Crippen LogP) is 3.27. The van der Waals surface area contributed by atoms with Crippen LogP contribution in [0.25, 0.3) is 0 Å².